The second kappa shape index (κ2) is 4.53. The molecule has 0 bridgehead atoms. The van der Waals surface area contributed by atoms with Crippen molar-refractivity contribution in [1.82, 2.24) is 0 Å². The molecule has 1 aromatic carbocycles. The number of anilines is 1. The number of nitriles is 1. The van der Waals surface area contributed by atoms with Crippen molar-refractivity contribution >= 4 is 11.6 Å². The van der Waals surface area contributed by atoms with E-state index in [4.69, 9.17) is 15.7 Å². The van der Waals surface area contributed by atoms with Gasteiger partial charge in [0.2, 0.25) is 5.91 Å². The monoisotopic (exact) mass is 231 g/mol. The predicted molar refractivity (Wildman–Crippen MR) is 62.1 cm³/mol. The highest BCUT2D eigenvalue weighted by molar-refractivity contribution is 5.96. The highest BCUT2D eigenvalue weighted by Gasteiger charge is 2.44. The summed E-state index contributed by atoms with van der Waals surface area (Å²) in [6.45, 7) is 1.01. The van der Waals surface area contributed by atoms with Crippen LogP contribution in [0.3, 0.4) is 0 Å². The average molecular weight is 231 g/mol. The van der Waals surface area contributed by atoms with E-state index in [1.165, 1.54) is 0 Å². The summed E-state index contributed by atoms with van der Waals surface area (Å²) < 4.78 is 5.04. The molecule has 17 heavy (non-hydrogen) atoms. The summed E-state index contributed by atoms with van der Waals surface area (Å²) in [6.07, 6.45) is 0. The predicted octanol–water partition coefficient (Wildman–Crippen LogP) is 0.472. The van der Waals surface area contributed by atoms with Crippen molar-refractivity contribution in [3.8, 4) is 6.07 Å². The van der Waals surface area contributed by atoms with Crippen molar-refractivity contribution in [3.63, 3.8) is 0 Å². The summed E-state index contributed by atoms with van der Waals surface area (Å²) in [5.74, 6) is -0.129. The molecule has 1 amide bonds. The normalized spacial score (nSPS) is 16.7. The molecule has 5 nitrogen and oxygen atoms in total. The van der Waals surface area contributed by atoms with Gasteiger partial charge in [-0.15, -0.1) is 0 Å². The van der Waals surface area contributed by atoms with Gasteiger partial charge in [-0.2, -0.15) is 5.26 Å². The van der Waals surface area contributed by atoms with Gasteiger partial charge in [0.25, 0.3) is 0 Å². The van der Waals surface area contributed by atoms with E-state index in [2.05, 4.69) is 5.32 Å². The largest absolute Gasteiger partial charge is 0.379 e. The molecule has 0 unspecified atom stereocenters. The van der Waals surface area contributed by atoms with Crippen molar-refractivity contribution in [2.45, 2.75) is 0 Å². The standard InChI is InChI=1S/C12H13N3O2/c13-5-9-1-3-10(4-2-9)15-11(16)12(6-14)7-17-8-12/h1-4H,6-8,14H2,(H,15,16). The molecule has 1 saturated heterocycles. The van der Waals surface area contributed by atoms with Crippen LogP contribution in [0.25, 0.3) is 0 Å². The highest BCUT2D eigenvalue weighted by atomic mass is 16.5. The molecule has 5 heteroatoms. The quantitative estimate of drug-likeness (QED) is 0.791. The smallest absolute Gasteiger partial charge is 0.236 e. The second-order valence-corrected chi connectivity index (χ2v) is 4.12. The lowest BCUT2D eigenvalue weighted by Gasteiger charge is -2.38. The van der Waals surface area contributed by atoms with Gasteiger partial charge < -0.3 is 15.8 Å². The third-order valence-electron chi connectivity index (χ3n) is 2.90. The molecule has 0 saturated carbocycles. The first kappa shape index (κ1) is 11.6. The molecule has 3 N–H and O–H groups in total. The second-order valence-electron chi connectivity index (χ2n) is 4.12. The molecule has 1 heterocycles. The Labute approximate surface area is 99.2 Å². The molecule has 0 spiro atoms. The maximum atomic E-state index is 12.0. The van der Waals surface area contributed by atoms with E-state index in [9.17, 15) is 4.79 Å². The van der Waals surface area contributed by atoms with Crippen LogP contribution in [-0.2, 0) is 9.53 Å². The molecule has 0 aliphatic carbocycles. The number of rotatable bonds is 3. The summed E-state index contributed by atoms with van der Waals surface area (Å²) in [7, 11) is 0. The number of carbonyl (C=O) groups is 1. The number of ether oxygens (including phenoxy) is 1. The number of nitrogens with two attached hydrogens (primary N) is 1. The van der Waals surface area contributed by atoms with Gasteiger partial charge in [-0.3, -0.25) is 4.79 Å². The Bertz CT molecular complexity index is 452. The van der Waals surface area contributed by atoms with Crippen LogP contribution >= 0.6 is 0 Å². The molecular weight excluding hydrogens is 218 g/mol. The third kappa shape index (κ3) is 2.13. The molecule has 88 valence electrons. The van der Waals surface area contributed by atoms with Crippen molar-refractivity contribution in [1.29, 1.82) is 5.26 Å². The van der Waals surface area contributed by atoms with E-state index in [1.807, 2.05) is 6.07 Å². The molecule has 1 aliphatic rings. The first-order valence-electron chi connectivity index (χ1n) is 5.30. The van der Waals surface area contributed by atoms with Gasteiger partial charge in [-0.05, 0) is 24.3 Å². The Morgan fingerprint density at radius 2 is 2.12 bits per heavy atom. The van der Waals surface area contributed by atoms with Crippen molar-refractivity contribution in [3.05, 3.63) is 29.8 Å². The van der Waals surface area contributed by atoms with Crippen LogP contribution in [0.1, 0.15) is 5.56 Å². The van der Waals surface area contributed by atoms with Crippen molar-refractivity contribution in [2.24, 2.45) is 11.1 Å². The number of carbonyl (C=O) groups excluding carboxylic acids is 1. The van der Waals surface area contributed by atoms with E-state index in [0.717, 1.165) is 0 Å². The molecule has 1 aromatic rings. The van der Waals surface area contributed by atoms with Crippen LogP contribution in [0, 0.1) is 16.7 Å². The molecular formula is C12H13N3O2. The Hall–Kier alpha value is -1.90. The minimum absolute atomic E-state index is 0.129. The SMILES string of the molecule is N#Cc1ccc(NC(=O)C2(CN)COC2)cc1. The minimum Gasteiger partial charge on any atom is -0.379 e. The van der Waals surface area contributed by atoms with E-state index in [0.29, 0.717) is 24.5 Å². The summed E-state index contributed by atoms with van der Waals surface area (Å²) in [5.41, 5.74) is 6.22. The maximum absolute atomic E-state index is 12.0. The van der Waals surface area contributed by atoms with Crippen LogP contribution in [-0.4, -0.2) is 25.7 Å². The van der Waals surface area contributed by atoms with Gasteiger partial charge in [-0.1, -0.05) is 0 Å². The fourth-order valence-electron chi connectivity index (χ4n) is 1.58. The van der Waals surface area contributed by atoms with Crippen LogP contribution in [0.5, 0.6) is 0 Å². The fraction of sp³-hybridized carbons (Fsp3) is 0.333. The highest BCUT2D eigenvalue weighted by Crippen LogP contribution is 2.27. The number of amides is 1. The lowest BCUT2D eigenvalue weighted by molar-refractivity contribution is -0.153. The Morgan fingerprint density at radius 3 is 2.53 bits per heavy atom. The number of nitrogens with zero attached hydrogens (tertiary/aromatic N) is 1. The summed E-state index contributed by atoms with van der Waals surface area (Å²) in [5, 5.41) is 11.4. The molecule has 0 aromatic heterocycles. The van der Waals surface area contributed by atoms with E-state index < -0.39 is 5.41 Å². The van der Waals surface area contributed by atoms with E-state index in [-0.39, 0.29) is 12.5 Å². The zero-order valence-corrected chi connectivity index (χ0v) is 9.27. The van der Waals surface area contributed by atoms with Crippen molar-refractivity contribution < 1.29 is 9.53 Å². The van der Waals surface area contributed by atoms with Crippen LogP contribution in [0.4, 0.5) is 5.69 Å². The number of nitrogens with one attached hydrogen (secondary N) is 1. The molecule has 1 aliphatic heterocycles. The lowest BCUT2D eigenvalue weighted by Crippen LogP contribution is -2.56. The lowest BCUT2D eigenvalue weighted by atomic mass is 9.85. The third-order valence-corrected chi connectivity index (χ3v) is 2.90. The van der Waals surface area contributed by atoms with Gasteiger partial charge in [0.05, 0.1) is 24.8 Å². The zero-order valence-electron chi connectivity index (χ0n) is 9.27. The molecule has 1 fully saturated rings. The minimum atomic E-state index is -0.589. The maximum Gasteiger partial charge on any atom is 0.236 e. The Kier molecular flexibility index (Phi) is 3.09. The summed E-state index contributed by atoms with van der Waals surface area (Å²) in [6, 6.07) is 8.72. The van der Waals surface area contributed by atoms with Gasteiger partial charge in [0, 0.05) is 12.2 Å². The first-order valence-corrected chi connectivity index (χ1v) is 5.30. The fourth-order valence-corrected chi connectivity index (χ4v) is 1.58. The van der Waals surface area contributed by atoms with Crippen LogP contribution < -0.4 is 11.1 Å². The van der Waals surface area contributed by atoms with Crippen molar-refractivity contribution in [2.75, 3.05) is 25.1 Å². The summed E-state index contributed by atoms with van der Waals surface area (Å²) >= 11 is 0. The summed E-state index contributed by atoms with van der Waals surface area (Å²) in [4.78, 5) is 12.0. The van der Waals surface area contributed by atoms with Gasteiger partial charge >= 0.3 is 0 Å². The molecule has 0 radical (unpaired) electrons. The number of benzene rings is 1. The average Bonchev–Trinajstić information content (AvgIpc) is 2.29. The van der Waals surface area contributed by atoms with E-state index >= 15 is 0 Å². The number of hydrogen-bond acceptors (Lipinski definition) is 4. The molecule has 0 atom stereocenters. The van der Waals surface area contributed by atoms with Gasteiger partial charge in [0.1, 0.15) is 5.41 Å². The number of hydrogen-bond donors (Lipinski definition) is 2. The zero-order chi connectivity index (χ0) is 12.3. The van der Waals surface area contributed by atoms with E-state index in [1.54, 1.807) is 24.3 Å². The molecule has 2 rings (SSSR count). The Morgan fingerprint density at radius 1 is 1.47 bits per heavy atom. The van der Waals surface area contributed by atoms with Crippen LogP contribution in [0.15, 0.2) is 24.3 Å². The Balaban J connectivity index is 2.05. The first-order chi connectivity index (χ1) is 8.20. The van der Waals surface area contributed by atoms with Gasteiger partial charge in [0.15, 0.2) is 0 Å². The topological polar surface area (TPSA) is 88.1 Å². The van der Waals surface area contributed by atoms with Gasteiger partial charge in [-0.25, -0.2) is 0 Å². The van der Waals surface area contributed by atoms with Crippen LogP contribution in [0.2, 0.25) is 0 Å².